The molecule has 8 heteroatoms. The lowest BCUT2D eigenvalue weighted by Gasteiger charge is -2.27. The molecule has 2 heterocycles. The predicted octanol–water partition coefficient (Wildman–Crippen LogP) is 4.32. The highest BCUT2D eigenvalue weighted by molar-refractivity contribution is 5.93. The van der Waals surface area contributed by atoms with Crippen LogP contribution in [0, 0.1) is 18.7 Å². The first-order valence-electron chi connectivity index (χ1n) is 11.5. The molecular formula is C24H30FN5O2. The Morgan fingerprint density at radius 3 is 2.59 bits per heavy atom. The van der Waals surface area contributed by atoms with E-state index in [9.17, 15) is 14.0 Å². The lowest BCUT2D eigenvalue weighted by atomic mass is 9.88. The van der Waals surface area contributed by atoms with Crippen molar-refractivity contribution in [3.63, 3.8) is 0 Å². The number of nitrogens with zero attached hydrogens (tertiary/aromatic N) is 4. The molecule has 0 radical (unpaired) electrons. The van der Waals surface area contributed by atoms with Gasteiger partial charge in [0.05, 0.1) is 12.2 Å². The van der Waals surface area contributed by atoms with Gasteiger partial charge in [0.1, 0.15) is 5.82 Å². The van der Waals surface area contributed by atoms with Crippen LogP contribution < -0.4 is 10.5 Å². The lowest BCUT2D eigenvalue weighted by molar-refractivity contribution is -0.123. The number of nitrogens with one attached hydrogen (secondary N) is 1. The van der Waals surface area contributed by atoms with E-state index in [1.54, 1.807) is 17.0 Å². The average molecular weight is 440 g/mol. The van der Waals surface area contributed by atoms with Gasteiger partial charge in [-0.15, -0.1) is 0 Å². The average Bonchev–Trinajstić information content (AvgIpc) is 3.22. The highest BCUT2D eigenvalue weighted by Crippen LogP contribution is 2.28. The van der Waals surface area contributed by atoms with Crippen LogP contribution in [-0.4, -0.2) is 25.5 Å². The molecule has 0 spiro atoms. The summed E-state index contributed by atoms with van der Waals surface area (Å²) in [5.74, 6) is 0.117. The number of aromatic nitrogens is 4. The zero-order valence-corrected chi connectivity index (χ0v) is 18.7. The number of halogens is 1. The summed E-state index contributed by atoms with van der Waals surface area (Å²) in [5.41, 5.74) is 1.95. The molecule has 4 rings (SSSR count). The quantitative estimate of drug-likeness (QED) is 0.594. The number of aromatic amines is 1. The van der Waals surface area contributed by atoms with E-state index in [4.69, 9.17) is 0 Å². The first-order chi connectivity index (χ1) is 15.5. The van der Waals surface area contributed by atoms with Crippen LogP contribution in [0.2, 0.25) is 0 Å². The van der Waals surface area contributed by atoms with E-state index < -0.39 is 0 Å². The van der Waals surface area contributed by atoms with Crippen LogP contribution in [0.4, 0.5) is 10.3 Å². The predicted molar refractivity (Wildman–Crippen MR) is 121 cm³/mol. The number of amides is 1. The van der Waals surface area contributed by atoms with Gasteiger partial charge in [-0.2, -0.15) is 9.50 Å². The number of fused-ring (bicyclic) bond motifs is 1. The van der Waals surface area contributed by atoms with Crippen molar-refractivity contribution >= 4 is 17.6 Å². The molecule has 170 valence electrons. The SMILES string of the molecule is CCCCc1c(C)nc2nc(N(Cc3ccc(F)cc3)C(=O)C3CCCCC3)[nH]n2c1=O. The van der Waals surface area contributed by atoms with Crippen molar-refractivity contribution < 1.29 is 9.18 Å². The van der Waals surface area contributed by atoms with Crippen molar-refractivity contribution in [3.8, 4) is 0 Å². The second kappa shape index (κ2) is 9.63. The Morgan fingerprint density at radius 2 is 1.91 bits per heavy atom. The summed E-state index contributed by atoms with van der Waals surface area (Å²) >= 11 is 0. The molecule has 7 nitrogen and oxygen atoms in total. The van der Waals surface area contributed by atoms with E-state index in [1.807, 2.05) is 6.92 Å². The summed E-state index contributed by atoms with van der Waals surface area (Å²) < 4.78 is 14.7. The molecule has 1 aliphatic carbocycles. The van der Waals surface area contributed by atoms with Crippen LogP contribution in [0.3, 0.4) is 0 Å². The Hall–Kier alpha value is -3.03. The molecule has 1 amide bonds. The minimum absolute atomic E-state index is 0.0240. The molecule has 1 aliphatic rings. The smallest absolute Gasteiger partial charge is 0.276 e. The Morgan fingerprint density at radius 1 is 1.19 bits per heavy atom. The van der Waals surface area contributed by atoms with E-state index in [0.717, 1.165) is 50.5 Å². The van der Waals surface area contributed by atoms with E-state index >= 15 is 0 Å². The van der Waals surface area contributed by atoms with E-state index in [0.29, 0.717) is 23.6 Å². The molecule has 0 aliphatic heterocycles. The molecule has 3 aromatic rings. The van der Waals surface area contributed by atoms with Gasteiger partial charge in [-0.05, 0) is 50.3 Å². The summed E-state index contributed by atoms with van der Waals surface area (Å²) in [6.07, 6.45) is 7.44. The lowest BCUT2D eigenvalue weighted by Crippen LogP contribution is -2.37. The summed E-state index contributed by atoms with van der Waals surface area (Å²) in [6, 6.07) is 6.09. The number of rotatable bonds is 7. The van der Waals surface area contributed by atoms with Gasteiger partial charge < -0.3 is 0 Å². The van der Waals surface area contributed by atoms with Crippen molar-refractivity contribution in [2.45, 2.75) is 71.8 Å². The third-order valence-corrected chi connectivity index (χ3v) is 6.29. The number of carbonyl (C=O) groups excluding carboxylic acids is 1. The van der Waals surface area contributed by atoms with Gasteiger partial charge in [-0.1, -0.05) is 44.7 Å². The van der Waals surface area contributed by atoms with Crippen LogP contribution >= 0.6 is 0 Å². The monoisotopic (exact) mass is 439 g/mol. The van der Waals surface area contributed by atoms with Crippen LogP contribution in [-0.2, 0) is 17.8 Å². The van der Waals surface area contributed by atoms with Crippen molar-refractivity contribution in [2.75, 3.05) is 4.90 Å². The molecule has 1 fully saturated rings. The number of anilines is 1. The molecule has 0 bridgehead atoms. The minimum atomic E-state index is -0.325. The fourth-order valence-corrected chi connectivity index (χ4v) is 4.41. The number of carbonyl (C=O) groups is 1. The molecule has 0 saturated heterocycles. The van der Waals surface area contributed by atoms with Crippen molar-refractivity contribution in [1.29, 1.82) is 0 Å². The van der Waals surface area contributed by atoms with Crippen molar-refractivity contribution in [3.05, 3.63) is 57.3 Å². The summed E-state index contributed by atoms with van der Waals surface area (Å²) in [4.78, 5) is 37.2. The normalized spacial score (nSPS) is 14.7. The second-order valence-electron chi connectivity index (χ2n) is 8.65. The molecule has 0 atom stereocenters. The first kappa shape index (κ1) is 22.2. The molecule has 32 heavy (non-hydrogen) atoms. The number of hydrogen-bond donors (Lipinski definition) is 1. The maximum Gasteiger partial charge on any atom is 0.277 e. The van der Waals surface area contributed by atoms with Gasteiger partial charge in [0, 0.05) is 11.5 Å². The number of H-pyrrole nitrogens is 1. The Labute approximate surface area is 186 Å². The van der Waals surface area contributed by atoms with E-state index in [1.165, 1.54) is 16.6 Å². The zero-order chi connectivity index (χ0) is 22.7. The summed E-state index contributed by atoms with van der Waals surface area (Å²) in [7, 11) is 0. The van der Waals surface area contributed by atoms with Crippen LogP contribution in [0.25, 0.3) is 5.78 Å². The van der Waals surface area contributed by atoms with Gasteiger partial charge >= 0.3 is 0 Å². The molecule has 1 N–H and O–H groups in total. The fourth-order valence-electron chi connectivity index (χ4n) is 4.41. The first-order valence-corrected chi connectivity index (χ1v) is 11.5. The van der Waals surface area contributed by atoms with Crippen molar-refractivity contribution in [1.82, 2.24) is 19.6 Å². The number of aryl methyl sites for hydroxylation is 1. The second-order valence-corrected chi connectivity index (χ2v) is 8.65. The largest absolute Gasteiger partial charge is 0.277 e. The Kier molecular flexibility index (Phi) is 6.67. The van der Waals surface area contributed by atoms with Gasteiger partial charge in [0.15, 0.2) is 0 Å². The molecule has 1 aromatic carbocycles. The summed E-state index contributed by atoms with van der Waals surface area (Å²) in [5, 5.41) is 3.02. The highest BCUT2D eigenvalue weighted by Gasteiger charge is 2.29. The molecular weight excluding hydrogens is 409 g/mol. The van der Waals surface area contributed by atoms with Gasteiger partial charge in [0.2, 0.25) is 11.9 Å². The molecule has 2 aromatic heterocycles. The minimum Gasteiger partial charge on any atom is -0.276 e. The van der Waals surface area contributed by atoms with Crippen LogP contribution in [0.5, 0.6) is 0 Å². The van der Waals surface area contributed by atoms with Gasteiger partial charge in [-0.3, -0.25) is 19.6 Å². The Balaban J connectivity index is 1.73. The number of benzene rings is 1. The van der Waals surface area contributed by atoms with Gasteiger partial charge in [0.25, 0.3) is 11.3 Å². The zero-order valence-electron chi connectivity index (χ0n) is 18.7. The number of hydrogen-bond acceptors (Lipinski definition) is 4. The highest BCUT2D eigenvalue weighted by atomic mass is 19.1. The fraction of sp³-hybridized carbons (Fsp3) is 0.500. The van der Waals surface area contributed by atoms with Crippen LogP contribution in [0.1, 0.15) is 68.7 Å². The third kappa shape index (κ3) is 4.59. The van der Waals surface area contributed by atoms with Crippen LogP contribution in [0.15, 0.2) is 29.1 Å². The standard InChI is InChI=1S/C24H30FN5O2/c1-3-4-10-20-16(2)26-23-27-24(28-30(23)22(20)32)29(15-17-11-13-19(25)14-12-17)21(31)18-8-6-5-7-9-18/h11-14,18H,3-10,15H2,1-2H3,(H,26,27,28). The summed E-state index contributed by atoms with van der Waals surface area (Å²) in [6.45, 7) is 4.15. The molecule has 1 saturated carbocycles. The Bertz CT molecular complexity index is 1150. The van der Waals surface area contributed by atoms with Crippen molar-refractivity contribution in [2.24, 2.45) is 5.92 Å². The van der Waals surface area contributed by atoms with E-state index in [2.05, 4.69) is 22.0 Å². The maximum absolute atomic E-state index is 13.5. The topological polar surface area (TPSA) is 83.4 Å². The maximum atomic E-state index is 13.5. The number of unbranched alkanes of at least 4 members (excludes halogenated alkanes) is 1. The third-order valence-electron chi connectivity index (χ3n) is 6.29. The molecule has 0 unspecified atom stereocenters. The van der Waals surface area contributed by atoms with Gasteiger partial charge in [-0.25, -0.2) is 9.37 Å². The van der Waals surface area contributed by atoms with E-state index in [-0.39, 0.29) is 35.5 Å².